The predicted octanol–water partition coefficient (Wildman–Crippen LogP) is 2.98. The number of fused-ring (bicyclic) bond motifs is 3. The molecule has 2 aromatic heterocycles. The Morgan fingerprint density at radius 1 is 1.30 bits per heavy atom. The van der Waals surface area contributed by atoms with Gasteiger partial charge in [0, 0.05) is 36.6 Å². The van der Waals surface area contributed by atoms with Gasteiger partial charge in [-0.25, -0.2) is 15.0 Å². The van der Waals surface area contributed by atoms with Crippen LogP contribution in [0.1, 0.15) is 29.0 Å². The molecule has 1 unspecified atom stereocenters. The van der Waals surface area contributed by atoms with Crippen LogP contribution in [0.15, 0.2) is 46.2 Å². The van der Waals surface area contributed by atoms with Gasteiger partial charge >= 0.3 is 0 Å². The lowest BCUT2D eigenvalue weighted by Crippen LogP contribution is -2.39. The second-order valence-electron chi connectivity index (χ2n) is 7.34. The highest BCUT2D eigenvalue weighted by Crippen LogP contribution is 2.35. The lowest BCUT2D eigenvalue weighted by atomic mass is 10.1. The van der Waals surface area contributed by atoms with Crippen molar-refractivity contribution >= 4 is 29.2 Å². The van der Waals surface area contributed by atoms with Crippen LogP contribution in [-0.2, 0) is 6.61 Å². The minimum Gasteiger partial charge on any atom is -0.439 e. The molecular weight excluding hydrogens is 402 g/mol. The number of carbonyl (C=O) groups excluding carboxylic acids is 1. The molecule has 2 aliphatic rings. The number of carbonyl (C=O) groups is 1. The molecule has 30 heavy (non-hydrogen) atoms. The van der Waals surface area contributed by atoms with Crippen molar-refractivity contribution in [2.45, 2.75) is 30.6 Å². The molecule has 1 amide bonds. The van der Waals surface area contributed by atoms with E-state index in [2.05, 4.69) is 19.9 Å². The van der Waals surface area contributed by atoms with Gasteiger partial charge in [-0.05, 0) is 37.3 Å². The number of hydrogen-bond acceptors (Lipinski definition) is 8. The highest BCUT2D eigenvalue weighted by molar-refractivity contribution is 7.98. The topological polar surface area (TPSA) is 95.6 Å². The Hall–Kier alpha value is -2.91. The van der Waals surface area contributed by atoms with Crippen molar-refractivity contribution < 1.29 is 14.3 Å². The van der Waals surface area contributed by atoms with Gasteiger partial charge in [0.2, 0.25) is 5.89 Å². The van der Waals surface area contributed by atoms with Crippen molar-refractivity contribution in [3.63, 3.8) is 0 Å². The number of aliphatic hydroxyl groups excluding tert-OH is 1. The first-order chi connectivity index (χ1) is 14.7. The van der Waals surface area contributed by atoms with E-state index in [1.54, 1.807) is 11.1 Å². The maximum absolute atomic E-state index is 13.5. The number of aromatic nitrogens is 3. The molecule has 0 saturated carbocycles. The number of hydrogen-bond donors (Lipinski definition) is 1. The van der Waals surface area contributed by atoms with Crippen LogP contribution in [0.25, 0.3) is 11.5 Å². The first-order valence-electron chi connectivity index (χ1n) is 9.83. The molecule has 9 heteroatoms. The number of aliphatic hydroxyl groups is 1. The Labute approximate surface area is 178 Å². The highest BCUT2D eigenvalue weighted by atomic mass is 32.2. The van der Waals surface area contributed by atoms with Crippen LogP contribution in [0.2, 0.25) is 0 Å². The fraction of sp³-hybridized carbons (Fsp3) is 0.333. The van der Waals surface area contributed by atoms with Crippen LogP contribution in [0.4, 0.5) is 11.5 Å². The zero-order chi connectivity index (χ0) is 20.7. The summed E-state index contributed by atoms with van der Waals surface area (Å²) in [6, 6.07) is 7.78. The molecule has 4 heterocycles. The zero-order valence-electron chi connectivity index (χ0n) is 16.5. The van der Waals surface area contributed by atoms with Crippen LogP contribution in [-0.4, -0.2) is 51.4 Å². The third kappa shape index (κ3) is 3.23. The Bertz CT molecular complexity index is 1100. The van der Waals surface area contributed by atoms with Gasteiger partial charge < -0.3 is 19.3 Å². The van der Waals surface area contributed by atoms with Crippen LogP contribution in [0, 0.1) is 0 Å². The summed E-state index contributed by atoms with van der Waals surface area (Å²) in [6.45, 7) is 1.27. The van der Waals surface area contributed by atoms with Gasteiger partial charge in [0.05, 0.1) is 6.20 Å². The normalized spacial score (nSPS) is 18.3. The third-order valence-corrected chi connectivity index (χ3v) is 6.12. The Morgan fingerprint density at radius 2 is 2.20 bits per heavy atom. The van der Waals surface area contributed by atoms with Crippen LogP contribution in [0.5, 0.6) is 0 Å². The number of nitrogens with zero attached hydrogens (tertiary/aromatic N) is 5. The summed E-state index contributed by atoms with van der Waals surface area (Å²) in [5.41, 5.74) is 2.05. The second-order valence-corrected chi connectivity index (χ2v) is 8.11. The first-order valence-corrected chi connectivity index (χ1v) is 11.1. The Morgan fingerprint density at radius 3 is 3.00 bits per heavy atom. The van der Waals surface area contributed by atoms with E-state index in [4.69, 9.17) is 4.42 Å². The number of oxazole rings is 1. The molecule has 1 N–H and O–H groups in total. The number of anilines is 2. The second kappa shape index (κ2) is 7.73. The molecule has 2 aliphatic heterocycles. The smallest absolute Gasteiger partial charge is 0.263 e. The van der Waals surface area contributed by atoms with Gasteiger partial charge in [0.15, 0.2) is 5.16 Å². The summed E-state index contributed by atoms with van der Waals surface area (Å²) in [4.78, 5) is 30.8. The lowest BCUT2D eigenvalue weighted by Gasteiger charge is -2.27. The number of benzene rings is 1. The van der Waals surface area contributed by atoms with Gasteiger partial charge in [-0.3, -0.25) is 4.79 Å². The number of thioether (sulfide) groups is 1. The van der Waals surface area contributed by atoms with Gasteiger partial charge in [-0.15, -0.1) is 0 Å². The third-order valence-electron chi connectivity index (χ3n) is 5.56. The number of rotatable bonds is 4. The zero-order valence-corrected chi connectivity index (χ0v) is 17.3. The molecule has 0 bridgehead atoms. The van der Waals surface area contributed by atoms with Crippen molar-refractivity contribution in [3.05, 3.63) is 48.0 Å². The SMILES string of the molecule is CSc1ncc2c(n1)N1CCCC1CN(c1cccc(-c3ncc(CO)o3)c1)C2=O. The van der Waals surface area contributed by atoms with E-state index in [0.717, 1.165) is 36.5 Å². The minimum atomic E-state index is -0.205. The number of amides is 1. The van der Waals surface area contributed by atoms with E-state index in [1.807, 2.05) is 30.5 Å². The van der Waals surface area contributed by atoms with E-state index < -0.39 is 0 Å². The van der Waals surface area contributed by atoms with Crippen molar-refractivity contribution in [3.8, 4) is 11.5 Å². The van der Waals surface area contributed by atoms with Crippen molar-refractivity contribution in [1.29, 1.82) is 0 Å². The maximum Gasteiger partial charge on any atom is 0.263 e. The Balaban J connectivity index is 1.56. The summed E-state index contributed by atoms with van der Waals surface area (Å²) in [6.07, 6.45) is 7.18. The van der Waals surface area contributed by atoms with E-state index in [0.29, 0.717) is 28.9 Å². The molecule has 154 valence electrons. The largest absolute Gasteiger partial charge is 0.439 e. The summed E-state index contributed by atoms with van der Waals surface area (Å²) in [5, 5.41) is 9.91. The molecule has 8 nitrogen and oxygen atoms in total. The summed E-state index contributed by atoms with van der Waals surface area (Å²) >= 11 is 1.48. The molecule has 3 aromatic rings. The van der Waals surface area contributed by atoms with Crippen LogP contribution >= 0.6 is 11.8 Å². The molecule has 1 saturated heterocycles. The van der Waals surface area contributed by atoms with E-state index >= 15 is 0 Å². The molecule has 1 atom stereocenters. The van der Waals surface area contributed by atoms with Crippen molar-refractivity contribution in [1.82, 2.24) is 15.0 Å². The predicted molar refractivity (Wildman–Crippen MR) is 114 cm³/mol. The van der Waals surface area contributed by atoms with Gasteiger partial charge in [0.25, 0.3) is 5.91 Å². The summed E-state index contributed by atoms with van der Waals surface area (Å²) < 4.78 is 5.57. The summed E-state index contributed by atoms with van der Waals surface area (Å²) in [7, 11) is 0. The molecule has 0 spiro atoms. The van der Waals surface area contributed by atoms with E-state index in [9.17, 15) is 9.90 Å². The van der Waals surface area contributed by atoms with Crippen LogP contribution < -0.4 is 9.80 Å². The van der Waals surface area contributed by atoms with Crippen molar-refractivity contribution in [2.75, 3.05) is 29.1 Å². The monoisotopic (exact) mass is 423 g/mol. The quantitative estimate of drug-likeness (QED) is 0.505. The standard InChI is InChI=1S/C21H21N5O3S/c1-30-21-23-10-17-18(24-21)25-7-3-6-15(25)11-26(20(17)28)14-5-2-4-13(8-14)19-22-9-16(12-27)29-19/h2,4-5,8-10,15,27H,3,6-7,11-12H2,1H3. The molecule has 0 aliphatic carbocycles. The minimum absolute atomic E-state index is 0.104. The summed E-state index contributed by atoms with van der Waals surface area (Å²) in [5.74, 6) is 1.45. The fourth-order valence-corrected chi connectivity index (χ4v) is 4.45. The van der Waals surface area contributed by atoms with Crippen molar-refractivity contribution in [2.24, 2.45) is 0 Å². The van der Waals surface area contributed by atoms with Gasteiger partial charge in [-0.2, -0.15) is 0 Å². The van der Waals surface area contributed by atoms with E-state index in [-0.39, 0.29) is 18.6 Å². The highest BCUT2D eigenvalue weighted by Gasteiger charge is 2.37. The maximum atomic E-state index is 13.5. The van der Waals surface area contributed by atoms with Gasteiger partial charge in [0.1, 0.15) is 23.7 Å². The molecular formula is C21H21N5O3S. The molecule has 1 aromatic carbocycles. The first kappa shape index (κ1) is 19.1. The van der Waals surface area contributed by atoms with Crippen LogP contribution in [0.3, 0.4) is 0 Å². The average molecular weight is 423 g/mol. The Kier molecular flexibility index (Phi) is 4.92. The molecule has 0 radical (unpaired) electrons. The molecule has 1 fully saturated rings. The van der Waals surface area contributed by atoms with Gasteiger partial charge in [-0.1, -0.05) is 17.8 Å². The molecule has 5 rings (SSSR count). The fourth-order valence-electron chi connectivity index (χ4n) is 4.11. The average Bonchev–Trinajstić information content (AvgIpc) is 3.44. The van der Waals surface area contributed by atoms with E-state index in [1.165, 1.54) is 18.0 Å². The lowest BCUT2D eigenvalue weighted by molar-refractivity contribution is 0.0988.